The number of hydrogen-bond donors (Lipinski definition) is 0. The Kier molecular flexibility index (Phi) is 5.80. The van der Waals surface area contributed by atoms with Crippen molar-refractivity contribution in [3.8, 4) is 0 Å². The van der Waals surface area contributed by atoms with Crippen molar-refractivity contribution in [2.24, 2.45) is 0 Å². The number of piperidine rings is 1. The van der Waals surface area contributed by atoms with Gasteiger partial charge in [0.15, 0.2) is 0 Å². The number of hydrogen-bond acceptors (Lipinski definition) is 3. The van der Waals surface area contributed by atoms with Gasteiger partial charge in [-0.15, -0.1) is 0 Å². The van der Waals surface area contributed by atoms with Gasteiger partial charge in [0.25, 0.3) is 0 Å². The molecule has 27 heavy (non-hydrogen) atoms. The van der Waals surface area contributed by atoms with Gasteiger partial charge in [0.1, 0.15) is 0 Å². The van der Waals surface area contributed by atoms with Crippen molar-refractivity contribution in [1.29, 1.82) is 0 Å². The Morgan fingerprint density at radius 3 is 2.52 bits per heavy atom. The second-order valence-corrected chi connectivity index (χ2v) is 9.36. The van der Waals surface area contributed by atoms with Crippen LogP contribution in [0.15, 0.2) is 18.2 Å². The van der Waals surface area contributed by atoms with Crippen LogP contribution in [0.1, 0.15) is 69.9 Å². The zero-order valence-corrected chi connectivity index (χ0v) is 17.7. The Balaban J connectivity index is 1.32. The van der Waals surface area contributed by atoms with Gasteiger partial charge in [-0.25, -0.2) is 0 Å². The number of anilines is 1. The largest absolute Gasteiger partial charge is 0.378 e. The highest BCUT2D eigenvalue weighted by Crippen LogP contribution is 2.38. The molecule has 2 aliphatic heterocycles. The van der Waals surface area contributed by atoms with Crippen LogP contribution in [-0.2, 0) is 11.2 Å². The Bertz CT molecular complexity index is 627. The molecule has 2 heterocycles. The van der Waals surface area contributed by atoms with Crippen LogP contribution < -0.4 is 4.90 Å². The first kappa shape index (κ1) is 19.3. The van der Waals surface area contributed by atoms with E-state index >= 15 is 0 Å². The smallest absolute Gasteiger partial charge is 0.0576 e. The van der Waals surface area contributed by atoms with Crippen LogP contribution in [0.4, 0.5) is 5.69 Å². The van der Waals surface area contributed by atoms with E-state index in [0.29, 0.717) is 11.6 Å². The van der Waals surface area contributed by atoms with E-state index in [-0.39, 0.29) is 0 Å². The molecule has 1 saturated heterocycles. The van der Waals surface area contributed by atoms with Crippen molar-refractivity contribution < 1.29 is 4.74 Å². The molecule has 0 atom stereocenters. The van der Waals surface area contributed by atoms with Gasteiger partial charge in [-0.3, -0.25) is 4.90 Å². The Morgan fingerprint density at radius 2 is 1.81 bits per heavy atom. The first-order chi connectivity index (χ1) is 13.1. The number of rotatable bonds is 5. The molecule has 0 amide bonds. The van der Waals surface area contributed by atoms with Crippen molar-refractivity contribution in [2.75, 3.05) is 31.1 Å². The minimum Gasteiger partial charge on any atom is -0.378 e. The molecule has 0 radical (unpaired) electrons. The monoisotopic (exact) mass is 370 g/mol. The molecular weight excluding hydrogens is 332 g/mol. The van der Waals surface area contributed by atoms with Gasteiger partial charge in [0.05, 0.1) is 6.10 Å². The molecule has 1 saturated carbocycles. The van der Waals surface area contributed by atoms with Crippen molar-refractivity contribution in [2.45, 2.75) is 89.8 Å². The molecule has 0 aromatic heterocycles. The van der Waals surface area contributed by atoms with Gasteiger partial charge in [-0.2, -0.15) is 0 Å². The zero-order chi connectivity index (χ0) is 18.9. The summed E-state index contributed by atoms with van der Waals surface area (Å²) in [5.74, 6) is 0. The van der Waals surface area contributed by atoms with Crippen molar-refractivity contribution >= 4 is 5.69 Å². The van der Waals surface area contributed by atoms with Crippen LogP contribution in [-0.4, -0.2) is 48.8 Å². The fourth-order valence-electron chi connectivity index (χ4n) is 5.59. The quantitative estimate of drug-likeness (QED) is 0.729. The third-order valence-corrected chi connectivity index (χ3v) is 7.41. The van der Waals surface area contributed by atoms with Crippen LogP contribution in [0.3, 0.4) is 0 Å². The zero-order valence-electron chi connectivity index (χ0n) is 17.7. The second-order valence-electron chi connectivity index (χ2n) is 9.36. The molecule has 0 spiro atoms. The van der Waals surface area contributed by atoms with Crippen LogP contribution in [0, 0.1) is 6.92 Å². The number of fused-ring (bicyclic) bond motifs is 1. The lowest BCUT2D eigenvalue weighted by atomic mass is 9.79. The maximum atomic E-state index is 6.02. The summed E-state index contributed by atoms with van der Waals surface area (Å²) >= 11 is 0. The van der Waals surface area contributed by atoms with Gasteiger partial charge >= 0.3 is 0 Å². The molecule has 4 rings (SSSR count). The van der Waals surface area contributed by atoms with Crippen LogP contribution in [0.2, 0.25) is 0 Å². The molecule has 3 nitrogen and oxygen atoms in total. The molecular formula is C24H38N2O. The summed E-state index contributed by atoms with van der Waals surface area (Å²) in [5.41, 5.74) is 4.87. The summed E-state index contributed by atoms with van der Waals surface area (Å²) in [7, 11) is 0. The van der Waals surface area contributed by atoms with E-state index in [1.807, 2.05) is 0 Å². The minimum atomic E-state index is 0.399. The average Bonchev–Trinajstić information content (AvgIpc) is 3.11. The van der Waals surface area contributed by atoms with E-state index in [2.05, 4.69) is 48.8 Å². The highest BCUT2D eigenvalue weighted by atomic mass is 16.5. The predicted molar refractivity (Wildman–Crippen MR) is 114 cm³/mol. The Morgan fingerprint density at radius 1 is 1.07 bits per heavy atom. The number of nitrogens with zero attached hydrogens (tertiary/aromatic N) is 2. The number of aryl methyl sites for hydroxylation is 1. The molecule has 150 valence electrons. The molecule has 2 fully saturated rings. The lowest BCUT2D eigenvalue weighted by Gasteiger charge is -2.49. The highest BCUT2D eigenvalue weighted by Gasteiger charge is 2.39. The first-order valence-electron chi connectivity index (χ1n) is 11.3. The summed E-state index contributed by atoms with van der Waals surface area (Å²) in [5, 5.41) is 0. The van der Waals surface area contributed by atoms with E-state index in [1.165, 1.54) is 75.8 Å². The third kappa shape index (κ3) is 4.05. The molecule has 3 heteroatoms. The standard InChI is InChI=1S/C24H38N2O/c1-4-17-27-22-7-12-24(3,13-8-22)25-14-10-21(11-15-25)26-16-9-20-6-5-19(2)18-23(20)26/h5-6,18,21-22H,4,7-17H2,1-3H3. The van der Waals surface area contributed by atoms with E-state index in [9.17, 15) is 0 Å². The molecule has 1 aromatic carbocycles. The van der Waals surface area contributed by atoms with E-state index in [1.54, 1.807) is 5.56 Å². The fraction of sp³-hybridized carbons (Fsp3) is 0.750. The minimum absolute atomic E-state index is 0.399. The molecule has 1 aliphatic carbocycles. The predicted octanol–water partition coefficient (Wildman–Crippen LogP) is 4.95. The first-order valence-corrected chi connectivity index (χ1v) is 11.3. The molecule has 1 aromatic rings. The lowest BCUT2D eigenvalue weighted by molar-refractivity contribution is -0.0284. The lowest BCUT2D eigenvalue weighted by Crippen LogP contribution is -2.55. The number of benzene rings is 1. The van der Waals surface area contributed by atoms with E-state index in [4.69, 9.17) is 4.74 Å². The van der Waals surface area contributed by atoms with Crippen LogP contribution >= 0.6 is 0 Å². The summed E-state index contributed by atoms with van der Waals surface area (Å²) in [4.78, 5) is 5.53. The fourth-order valence-corrected chi connectivity index (χ4v) is 5.59. The molecule has 3 aliphatic rings. The Hall–Kier alpha value is -1.06. The summed E-state index contributed by atoms with van der Waals surface area (Å²) < 4.78 is 6.02. The topological polar surface area (TPSA) is 15.7 Å². The normalized spacial score (nSPS) is 29.9. The maximum Gasteiger partial charge on any atom is 0.0576 e. The van der Waals surface area contributed by atoms with Crippen LogP contribution in [0.25, 0.3) is 0 Å². The van der Waals surface area contributed by atoms with Gasteiger partial charge in [-0.05, 0) is 82.4 Å². The Labute approximate surface area is 166 Å². The van der Waals surface area contributed by atoms with Crippen molar-refractivity contribution in [3.63, 3.8) is 0 Å². The number of ether oxygens (including phenoxy) is 1. The summed E-state index contributed by atoms with van der Waals surface area (Å²) in [6.07, 6.45) is 10.6. The molecule has 0 bridgehead atoms. The van der Waals surface area contributed by atoms with Gasteiger partial charge in [0, 0.05) is 43.5 Å². The summed E-state index contributed by atoms with van der Waals surface area (Å²) in [6.45, 7) is 11.6. The number of likely N-dealkylation sites (tertiary alicyclic amines) is 1. The second kappa shape index (κ2) is 8.13. The third-order valence-electron chi connectivity index (χ3n) is 7.41. The highest BCUT2D eigenvalue weighted by molar-refractivity contribution is 5.60. The molecule has 0 N–H and O–H groups in total. The van der Waals surface area contributed by atoms with Crippen LogP contribution in [0.5, 0.6) is 0 Å². The molecule has 0 unspecified atom stereocenters. The van der Waals surface area contributed by atoms with Crippen molar-refractivity contribution in [1.82, 2.24) is 4.90 Å². The van der Waals surface area contributed by atoms with E-state index in [0.717, 1.165) is 19.1 Å². The van der Waals surface area contributed by atoms with Gasteiger partial charge in [0.2, 0.25) is 0 Å². The summed E-state index contributed by atoms with van der Waals surface area (Å²) in [6, 6.07) is 7.76. The maximum absolute atomic E-state index is 6.02. The van der Waals surface area contributed by atoms with Crippen molar-refractivity contribution in [3.05, 3.63) is 29.3 Å². The SMILES string of the molecule is CCCOC1CCC(C)(N2CCC(N3CCc4ccc(C)cc43)CC2)CC1. The average molecular weight is 371 g/mol. The van der Waals surface area contributed by atoms with Gasteiger partial charge < -0.3 is 9.64 Å². The van der Waals surface area contributed by atoms with E-state index < -0.39 is 0 Å². The van der Waals surface area contributed by atoms with Gasteiger partial charge in [-0.1, -0.05) is 19.1 Å².